The maximum absolute atomic E-state index is 12.2. The summed E-state index contributed by atoms with van der Waals surface area (Å²) in [6.07, 6.45) is 1.41. The van der Waals surface area contributed by atoms with Crippen LogP contribution in [0.2, 0.25) is 5.02 Å². The maximum Gasteiger partial charge on any atom is 0.254 e. The van der Waals surface area contributed by atoms with Crippen molar-refractivity contribution in [3.63, 3.8) is 0 Å². The van der Waals surface area contributed by atoms with Gasteiger partial charge in [-0.05, 0) is 30.7 Å². The molecule has 8 heteroatoms. The summed E-state index contributed by atoms with van der Waals surface area (Å²) < 4.78 is 5.34. The van der Waals surface area contributed by atoms with Gasteiger partial charge in [0, 0.05) is 43.3 Å². The number of nitrogens with one attached hydrogen (secondary N) is 1. The molecular formula is C22H27ClN4O3. The second kappa shape index (κ2) is 11.0. The SMILES string of the molecule is CCOc1cccc(/C=N\NC(=O)CN2CCN(Cc3ccccc3Cl)CC2)c1O. The minimum absolute atomic E-state index is 0.00647. The number of ether oxygens (including phenoxy) is 1. The van der Waals surface area contributed by atoms with Crippen LogP contribution in [0, 0.1) is 0 Å². The summed E-state index contributed by atoms with van der Waals surface area (Å²) in [5.41, 5.74) is 4.12. The third-order valence-electron chi connectivity index (χ3n) is 4.91. The van der Waals surface area contributed by atoms with E-state index < -0.39 is 0 Å². The number of nitrogens with zero attached hydrogens (tertiary/aromatic N) is 3. The van der Waals surface area contributed by atoms with Crippen LogP contribution in [0.4, 0.5) is 0 Å². The minimum atomic E-state index is -0.189. The molecule has 0 radical (unpaired) electrons. The number of hydrazone groups is 1. The molecule has 3 rings (SSSR count). The van der Waals surface area contributed by atoms with E-state index in [0.29, 0.717) is 17.9 Å². The zero-order valence-corrected chi connectivity index (χ0v) is 17.8. The quantitative estimate of drug-likeness (QED) is 0.497. The van der Waals surface area contributed by atoms with Crippen LogP contribution < -0.4 is 10.2 Å². The highest BCUT2D eigenvalue weighted by atomic mass is 35.5. The number of rotatable bonds is 8. The molecule has 0 atom stereocenters. The van der Waals surface area contributed by atoms with E-state index in [-0.39, 0.29) is 18.2 Å². The fraction of sp³-hybridized carbons (Fsp3) is 0.364. The van der Waals surface area contributed by atoms with Crippen molar-refractivity contribution < 1.29 is 14.6 Å². The molecule has 0 spiro atoms. The van der Waals surface area contributed by atoms with Crippen LogP contribution in [0.3, 0.4) is 0 Å². The van der Waals surface area contributed by atoms with Crippen molar-refractivity contribution in [2.45, 2.75) is 13.5 Å². The average Bonchev–Trinajstić information content (AvgIpc) is 2.74. The first-order valence-electron chi connectivity index (χ1n) is 10.0. The molecule has 160 valence electrons. The molecule has 0 unspecified atom stereocenters. The molecule has 2 N–H and O–H groups in total. The van der Waals surface area contributed by atoms with Crippen molar-refractivity contribution in [1.82, 2.24) is 15.2 Å². The number of aromatic hydroxyl groups is 1. The van der Waals surface area contributed by atoms with Crippen molar-refractivity contribution in [2.24, 2.45) is 5.10 Å². The van der Waals surface area contributed by atoms with Gasteiger partial charge < -0.3 is 9.84 Å². The fourth-order valence-corrected chi connectivity index (χ4v) is 3.50. The summed E-state index contributed by atoms with van der Waals surface area (Å²) in [5.74, 6) is 0.209. The molecule has 0 bridgehead atoms. The molecule has 0 saturated carbocycles. The molecular weight excluding hydrogens is 404 g/mol. The summed E-state index contributed by atoms with van der Waals surface area (Å²) in [7, 11) is 0. The lowest BCUT2D eigenvalue weighted by atomic mass is 10.2. The lowest BCUT2D eigenvalue weighted by molar-refractivity contribution is -0.122. The lowest BCUT2D eigenvalue weighted by Gasteiger charge is -2.34. The van der Waals surface area contributed by atoms with Gasteiger partial charge in [0.2, 0.25) is 0 Å². The summed E-state index contributed by atoms with van der Waals surface area (Å²) in [6, 6.07) is 13.0. The number of hydrogen-bond donors (Lipinski definition) is 2. The van der Waals surface area contributed by atoms with Crippen molar-refractivity contribution in [3.05, 3.63) is 58.6 Å². The third-order valence-corrected chi connectivity index (χ3v) is 5.28. The zero-order chi connectivity index (χ0) is 21.3. The number of phenols is 1. The topological polar surface area (TPSA) is 77.4 Å². The number of phenolic OH excluding ortho intramolecular Hbond substituents is 1. The van der Waals surface area contributed by atoms with Gasteiger partial charge in [-0.1, -0.05) is 35.9 Å². The standard InChI is InChI=1S/C22H27ClN4O3/c1-2-30-20-9-5-7-17(22(20)29)14-24-25-21(28)16-27-12-10-26(11-13-27)15-18-6-3-4-8-19(18)23/h3-9,14,29H,2,10-13,15-16H2,1H3,(H,25,28)/b24-14-. The van der Waals surface area contributed by atoms with E-state index in [2.05, 4.69) is 20.3 Å². The molecule has 2 aromatic carbocycles. The normalized spacial score (nSPS) is 15.4. The molecule has 0 aromatic heterocycles. The van der Waals surface area contributed by atoms with Gasteiger partial charge in [-0.25, -0.2) is 5.43 Å². The molecule has 1 heterocycles. The van der Waals surface area contributed by atoms with Crippen LogP contribution >= 0.6 is 11.6 Å². The molecule has 1 saturated heterocycles. The van der Waals surface area contributed by atoms with Crippen molar-refractivity contribution in [2.75, 3.05) is 39.3 Å². The summed E-state index contributed by atoms with van der Waals surface area (Å²) >= 11 is 6.24. The molecule has 30 heavy (non-hydrogen) atoms. The van der Waals surface area contributed by atoms with Crippen LogP contribution in [0.1, 0.15) is 18.1 Å². The Morgan fingerprint density at radius 2 is 1.90 bits per heavy atom. The Morgan fingerprint density at radius 1 is 1.17 bits per heavy atom. The van der Waals surface area contributed by atoms with Crippen molar-refractivity contribution in [1.29, 1.82) is 0 Å². The zero-order valence-electron chi connectivity index (χ0n) is 17.1. The second-order valence-corrected chi connectivity index (χ2v) is 7.47. The number of benzene rings is 2. The number of hydrogen-bond acceptors (Lipinski definition) is 6. The Morgan fingerprint density at radius 3 is 2.63 bits per heavy atom. The fourth-order valence-electron chi connectivity index (χ4n) is 3.30. The molecule has 7 nitrogen and oxygen atoms in total. The molecule has 0 aliphatic carbocycles. The lowest BCUT2D eigenvalue weighted by Crippen LogP contribution is -2.48. The predicted octanol–water partition coefficient (Wildman–Crippen LogP) is 2.71. The van der Waals surface area contributed by atoms with Gasteiger partial charge >= 0.3 is 0 Å². The number of halogens is 1. The molecule has 1 amide bonds. The summed E-state index contributed by atoms with van der Waals surface area (Å²) in [5, 5.41) is 14.9. The van der Waals surface area contributed by atoms with Gasteiger partial charge in [-0.15, -0.1) is 0 Å². The first-order valence-corrected chi connectivity index (χ1v) is 10.4. The van der Waals surface area contributed by atoms with Gasteiger partial charge in [-0.3, -0.25) is 14.6 Å². The smallest absolute Gasteiger partial charge is 0.254 e. The Balaban J connectivity index is 1.42. The van der Waals surface area contributed by atoms with Crippen LogP contribution in [0.15, 0.2) is 47.6 Å². The van der Waals surface area contributed by atoms with E-state index in [1.165, 1.54) is 6.21 Å². The average molecular weight is 431 g/mol. The van der Waals surface area contributed by atoms with Crippen LogP contribution in [0.25, 0.3) is 0 Å². The summed E-state index contributed by atoms with van der Waals surface area (Å²) in [4.78, 5) is 16.6. The van der Waals surface area contributed by atoms with E-state index in [1.54, 1.807) is 18.2 Å². The highest BCUT2D eigenvalue weighted by Gasteiger charge is 2.19. The number of amides is 1. The van der Waals surface area contributed by atoms with E-state index in [1.807, 2.05) is 31.2 Å². The highest BCUT2D eigenvalue weighted by molar-refractivity contribution is 6.31. The number of para-hydroxylation sites is 1. The predicted molar refractivity (Wildman–Crippen MR) is 118 cm³/mol. The van der Waals surface area contributed by atoms with Gasteiger partial charge in [0.15, 0.2) is 11.5 Å². The van der Waals surface area contributed by atoms with Crippen LogP contribution in [-0.4, -0.2) is 66.4 Å². The Hall–Kier alpha value is -2.61. The molecule has 1 aliphatic rings. The van der Waals surface area contributed by atoms with E-state index >= 15 is 0 Å². The second-order valence-electron chi connectivity index (χ2n) is 7.06. The van der Waals surface area contributed by atoms with Crippen molar-refractivity contribution in [3.8, 4) is 11.5 Å². The Kier molecular flexibility index (Phi) is 8.07. The van der Waals surface area contributed by atoms with Crippen LogP contribution in [0.5, 0.6) is 11.5 Å². The Bertz CT molecular complexity index is 882. The largest absolute Gasteiger partial charge is 0.504 e. The Labute approximate surface area is 181 Å². The van der Waals surface area contributed by atoms with Gasteiger partial charge in [0.1, 0.15) is 0 Å². The highest BCUT2D eigenvalue weighted by Crippen LogP contribution is 2.28. The van der Waals surface area contributed by atoms with Crippen LogP contribution in [-0.2, 0) is 11.3 Å². The van der Waals surface area contributed by atoms with E-state index in [9.17, 15) is 9.90 Å². The summed E-state index contributed by atoms with van der Waals surface area (Å²) in [6.45, 7) is 6.75. The number of carbonyl (C=O) groups is 1. The molecule has 1 fully saturated rings. The molecule has 2 aromatic rings. The van der Waals surface area contributed by atoms with Gasteiger partial charge in [-0.2, -0.15) is 5.10 Å². The molecule has 1 aliphatic heterocycles. The first kappa shape index (κ1) is 22.1. The first-order chi connectivity index (χ1) is 14.6. The van der Waals surface area contributed by atoms with Gasteiger partial charge in [0.25, 0.3) is 5.91 Å². The van der Waals surface area contributed by atoms with Crippen molar-refractivity contribution >= 4 is 23.7 Å². The van der Waals surface area contributed by atoms with E-state index in [0.717, 1.165) is 43.3 Å². The monoisotopic (exact) mass is 430 g/mol. The van der Waals surface area contributed by atoms with E-state index in [4.69, 9.17) is 16.3 Å². The third kappa shape index (κ3) is 6.19. The maximum atomic E-state index is 12.2. The minimum Gasteiger partial charge on any atom is -0.504 e. The number of carbonyl (C=O) groups excluding carboxylic acids is 1. The van der Waals surface area contributed by atoms with Gasteiger partial charge in [0.05, 0.1) is 19.4 Å². The number of piperazine rings is 1.